The highest BCUT2D eigenvalue weighted by atomic mass is 35.5. The summed E-state index contributed by atoms with van der Waals surface area (Å²) in [5, 5.41) is 6.09. The average Bonchev–Trinajstić information content (AvgIpc) is 3.85. The molecule has 8 heterocycles. The largest absolute Gasteiger partial charge is 0.420 e. The third-order valence-electron chi connectivity index (χ3n) is 8.25. The van der Waals surface area contributed by atoms with Crippen LogP contribution in [-0.4, -0.2) is 21.1 Å². The highest BCUT2D eigenvalue weighted by molar-refractivity contribution is 7.27. The van der Waals surface area contributed by atoms with Crippen LogP contribution in [0, 0.1) is 0 Å². The van der Waals surface area contributed by atoms with Gasteiger partial charge in [-0.05, 0) is 71.4 Å². The van der Waals surface area contributed by atoms with Gasteiger partial charge in [0.15, 0.2) is 11.5 Å². The van der Waals surface area contributed by atoms with E-state index in [1.807, 2.05) is 59.3 Å². The summed E-state index contributed by atoms with van der Waals surface area (Å²) in [6.07, 6.45) is 0. The Morgan fingerprint density at radius 1 is 0.500 bits per heavy atom. The fraction of sp³-hybridized carbons (Fsp3) is 0. The molecule has 6 aromatic heterocycles. The number of halogens is 4. The number of rotatable bonds is 4. The van der Waals surface area contributed by atoms with Crippen molar-refractivity contribution in [2.45, 2.75) is 0 Å². The molecule has 8 aromatic rings. The van der Waals surface area contributed by atoms with Crippen molar-refractivity contribution in [2.75, 3.05) is 0 Å². The summed E-state index contributed by atoms with van der Waals surface area (Å²) in [5.74, 6) is -0.880. The maximum atomic E-state index is 13.5. The summed E-state index contributed by atoms with van der Waals surface area (Å²) in [4.78, 5) is 28.3. The number of nitrogens with zero attached hydrogens (tertiary/aromatic N) is 2. The molecule has 0 unspecified atom stereocenters. The predicted octanol–water partition coefficient (Wildman–Crippen LogP) is 12.0. The van der Waals surface area contributed by atoms with E-state index in [0.717, 1.165) is 52.2 Å². The van der Waals surface area contributed by atoms with E-state index >= 15 is 0 Å². The van der Waals surface area contributed by atoms with Gasteiger partial charge in [-0.2, -0.15) is 0 Å². The fourth-order valence-electron chi connectivity index (χ4n) is 6.45. The van der Waals surface area contributed by atoms with Crippen molar-refractivity contribution in [1.82, 2.24) is 9.13 Å². The molecule has 0 amide bonds. The van der Waals surface area contributed by atoms with Crippen LogP contribution in [0.3, 0.4) is 0 Å². The molecule has 6 nitrogen and oxygen atoms in total. The third kappa shape index (κ3) is 4.15. The summed E-state index contributed by atoms with van der Waals surface area (Å²) in [6, 6.07) is 18.7. The lowest BCUT2D eigenvalue weighted by molar-refractivity contribution is -0.131. The standard InChI is InChI=1S/C34H12Cl4N2O4S4/c35-13-5-14(36)8-17(7-13)39-19-1-3-45-29(19)31-21(39)11-23(47-31)27-25-26(34(42)43-27)28(44-33(25)41)24-12-22-32(48-24)30-20(2-4-46-30)40(22)18-9-15(37)6-16(38)10-18/h1-12H. The summed E-state index contributed by atoms with van der Waals surface area (Å²) in [7, 11) is 0. The lowest BCUT2D eigenvalue weighted by atomic mass is 10.1. The first kappa shape index (κ1) is 29.3. The van der Waals surface area contributed by atoms with Crippen LogP contribution in [0.4, 0.5) is 0 Å². The zero-order valence-corrected chi connectivity index (χ0v) is 29.9. The predicted molar refractivity (Wildman–Crippen MR) is 199 cm³/mol. The Labute approximate surface area is 305 Å². The molecule has 10 rings (SSSR count). The quantitative estimate of drug-likeness (QED) is 0.167. The molecule has 0 saturated carbocycles. The first-order valence-corrected chi connectivity index (χ1v) is 19.0. The summed E-state index contributed by atoms with van der Waals surface area (Å²) in [6.45, 7) is 0. The van der Waals surface area contributed by atoms with Gasteiger partial charge in [-0.15, -0.1) is 45.3 Å². The Kier molecular flexibility index (Phi) is 6.40. The molecule has 2 aliphatic heterocycles. The first-order chi connectivity index (χ1) is 23.2. The van der Waals surface area contributed by atoms with Crippen molar-refractivity contribution in [3.63, 3.8) is 0 Å². The van der Waals surface area contributed by atoms with Gasteiger partial charge in [-0.3, -0.25) is 0 Å². The number of ether oxygens (including phenoxy) is 2. The second-order valence-corrected chi connectivity index (χ2v) is 16.7. The van der Waals surface area contributed by atoms with Gasteiger partial charge in [-0.25, -0.2) is 9.59 Å². The zero-order valence-electron chi connectivity index (χ0n) is 23.6. The van der Waals surface area contributed by atoms with Crippen molar-refractivity contribution in [3.8, 4) is 11.4 Å². The molecule has 2 aromatic carbocycles. The van der Waals surface area contributed by atoms with Crippen LogP contribution in [0.5, 0.6) is 0 Å². The molecular weight excluding hydrogens is 770 g/mol. The van der Waals surface area contributed by atoms with Crippen molar-refractivity contribution >= 4 is 156 Å². The molecule has 0 atom stereocenters. The number of fused-ring (bicyclic) bond motifs is 7. The fourth-order valence-corrected chi connectivity index (χ4v) is 11.8. The Hall–Kier alpha value is -3.58. The van der Waals surface area contributed by atoms with Crippen LogP contribution in [0.1, 0.15) is 9.75 Å². The molecule has 0 aliphatic carbocycles. The van der Waals surface area contributed by atoms with Crippen LogP contribution in [-0.2, 0) is 19.1 Å². The summed E-state index contributed by atoms with van der Waals surface area (Å²) >= 11 is 31.6. The third-order valence-corrected chi connectivity index (χ3v) is 13.5. The van der Waals surface area contributed by atoms with Gasteiger partial charge >= 0.3 is 11.9 Å². The van der Waals surface area contributed by atoms with E-state index < -0.39 is 11.9 Å². The molecule has 0 bridgehead atoms. The molecule has 2 aliphatic rings. The Morgan fingerprint density at radius 2 is 0.896 bits per heavy atom. The number of esters is 2. The van der Waals surface area contributed by atoms with E-state index in [9.17, 15) is 9.59 Å². The first-order valence-electron chi connectivity index (χ1n) is 14.1. The van der Waals surface area contributed by atoms with Gasteiger partial charge in [0.1, 0.15) is 11.1 Å². The van der Waals surface area contributed by atoms with E-state index in [1.165, 1.54) is 22.7 Å². The Bertz CT molecular complexity index is 2610. The average molecular weight is 783 g/mol. The van der Waals surface area contributed by atoms with Crippen LogP contribution >= 0.6 is 91.8 Å². The van der Waals surface area contributed by atoms with Crippen molar-refractivity contribution in [1.29, 1.82) is 0 Å². The number of hydrogen-bond donors (Lipinski definition) is 0. The Balaban J connectivity index is 1.14. The lowest BCUT2D eigenvalue weighted by Crippen LogP contribution is -2.00. The number of cyclic esters (lactones) is 2. The number of aromatic nitrogens is 2. The molecule has 48 heavy (non-hydrogen) atoms. The van der Waals surface area contributed by atoms with Crippen LogP contribution in [0.25, 0.3) is 63.8 Å². The molecule has 14 heteroatoms. The highest BCUT2D eigenvalue weighted by Crippen LogP contribution is 2.50. The van der Waals surface area contributed by atoms with Gasteiger partial charge in [0.05, 0.1) is 50.6 Å². The number of carbonyl (C=O) groups is 2. The van der Waals surface area contributed by atoms with Gasteiger partial charge in [0.25, 0.3) is 0 Å². The number of benzene rings is 2. The van der Waals surface area contributed by atoms with Crippen LogP contribution in [0.15, 0.2) is 82.6 Å². The van der Waals surface area contributed by atoms with Gasteiger partial charge in [-0.1, -0.05) is 46.4 Å². The molecule has 0 radical (unpaired) electrons. The monoisotopic (exact) mass is 780 g/mol. The molecule has 0 N–H and O–H groups in total. The topological polar surface area (TPSA) is 62.5 Å². The molecule has 0 spiro atoms. The minimum Gasteiger partial charge on any atom is -0.420 e. The molecule has 234 valence electrons. The minimum absolute atomic E-state index is 0.127. The number of thiophene rings is 4. The van der Waals surface area contributed by atoms with Crippen molar-refractivity contribution < 1.29 is 19.1 Å². The second-order valence-electron chi connectivity index (χ2n) is 11.0. The SMILES string of the molecule is O=C1OC(c2cc3c(s2)c2sccc2n3-c2cc(Cl)cc(Cl)c2)=C2C(=O)OC(c3cc4c(s3)c3sccc3n4-c3cc(Cl)cc(Cl)c3)=C12. The summed E-state index contributed by atoms with van der Waals surface area (Å²) in [5.41, 5.74) is 5.62. The minimum atomic E-state index is -0.631. The highest BCUT2D eigenvalue weighted by Gasteiger charge is 2.46. The van der Waals surface area contributed by atoms with Gasteiger partial charge < -0.3 is 18.6 Å². The van der Waals surface area contributed by atoms with Crippen LogP contribution in [0.2, 0.25) is 20.1 Å². The number of hydrogen-bond acceptors (Lipinski definition) is 8. The molecule has 0 saturated heterocycles. The second kappa shape index (κ2) is 10.5. The maximum absolute atomic E-state index is 13.5. The van der Waals surface area contributed by atoms with Crippen LogP contribution < -0.4 is 0 Å². The van der Waals surface area contributed by atoms with Gasteiger partial charge in [0, 0.05) is 31.5 Å². The van der Waals surface area contributed by atoms with E-state index in [2.05, 4.69) is 9.13 Å². The zero-order chi connectivity index (χ0) is 32.6. The molecule has 0 fully saturated rings. The smallest absolute Gasteiger partial charge is 0.348 e. The van der Waals surface area contributed by atoms with E-state index in [4.69, 9.17) is 55.9 Å². The molecular formula is C34H12Cl4N2O4S4. The van der Waals surface area contributed by atoms with E-state index in [1.54, 1.807) is 34.8 Å². The number of carbonyl (C=O) groups excluding carboxylic acids is 2. The lowest BCUT2D eigenvalue weighted by Gasteiger charge is -2.08. The van der Waals surface area contributed by atoms with Crippen molar-refractivity contribution in [2.24, 2.45) is 0 Å². The van der Waals surface area contributed by atoms with E-state index in [0.29, 0.717) is 29.8 Å². The maximum Gasteiger partial charge on any atom is 0.348 e. The van der Waals surface area contributed by atoms with Gasteiger partial charge in [0.2, 0.25) is 0 Å². The van der Waals surface area contributed by atoms with E-state index in [-0.39, 0.29) is 22.7 Å². The van der Waals surface area contributed by atoms with Crippen molar-refractivity contribution in [3.05, 3.63) is 112 Å². The summed E-state index contributed by atoms with van der Waals surface area (Å²) < 4.78 is 20.0. The normalized spacial score (nSPS) is 14.9. The Morgan fingerprint density at radius 3 is 1.29 bits per heavy atom.